The van der Waals surface area contributed by atoms with Crippen molar-refractivity contribution >= 4 is 17.4 Å². The van der Waals surface area contributed by atoms with E-state index in [1.807, 2.05) is 32.0 Å². The number of ether oxygens (including phenoxy) is 1. The van der Waals surface area contributed by atoms with Gasteiger partial charge in [0.05, 0.1) is 18.0 Å². The maximum Gasteiger partial charge on any atom is 0.262 e. The second-order valence-corrected chi connectivity index (χ2v) is 5.72. The Morgan fingerprint density at radius 2 is 1.96 bits per heavy atom. The molecule has 1 heterocycles. The van der Waals surface area contributed by atoms with Crippen LogP contribution in [-0.4, -0.2) is 35.3 Å². The van der Waals surface area contributed by atoms with Crippen molar-refractivity contribution in [3.8, 4) is 5.75 Å². The lowest BCUT2D eigenvalue weighted by atomic mass is 10.1. The van der Waals surface area contributed by atoms with Crippen molar-refractivity contribution in [3.63, 3.8) is 0 Å². The van der Waals surface area contributed by atoms with Crippen LogP contribution in [0.2, 0.25) is 0 Å². The fraction of sp³-hybridized carbons (Fsp3) is 0.333. The van der Waals surface area contributed by atoms with Gasteiger partial charge in [0.1, 0.15) is 11.6 Å². The van der Waals surface area contributed by atoms with Crippen molar-refractivity contribution < 1.29 is 14.6 Å². The summed E-state index contributed by atoms with van der Waals surface area (Å²) in [5.41, 5.74) is 2.59. The molecule has 6 nitrogen and oxygen atoms in total. The molecule has 1 aromatic heterocycles. The molecule has 0 spiro atoms. The van der Waals surface area contributed by atoms with Gasteiger partial charge in [-0.1, -0.05) is 18.2 Å². The van der Waals surface area contributed by atoms with Crippen molar-refractivity contribution in [1.29, 1.82) is 0 Å². The second kappa shape index (κ2) is 8.31. The number of hydrogen-bond acceptors (Lipinski definition) is 5. The van der Waals surface area contributed by atoms with Gasteiger partial charge in [0.15, 0.2) is 6.61 Å². The predicted octanol–water partition coefficient (Wildman–Crippen LogP) is 2.51. The van der Waals surface area contributed by atoms with Crippen LogP contribution < -0.4 is 15.4 Å². The number of aliphatic hydroxyl groups is 1. The van der Waals surface area contributed by atoms with E-state index in [0.29, 0.717) is 18.1 Å². The number of pyridine rings is 1. The first-order chi connectivity index (χ1) is 11.5. The normalized spacial score (nSPS) is 11.7. The summed E-state index contributed by atoms with van der Waals surface area (Å²) in [6, 6.07) is 9.33. The van der Waals surface area contributed by atoms with Crippen LogP contribution in [0.5, 0.6) is 5.75 Å². The molecular weight excluding hydrogens is 306 g/mol. The summed E-state index contributed by atoms with van der Waals surface area (Å²) in [7, 11) is 0. The molecule has 0 radical (unpaired) electrons. The Kier molecular flexibility index (Phi) is 6.14. The zero-order valence-electron chi connectivity index (χ0n) is 14.2. The maximum atomic E-state index is 12.0. The van der Waals surface area contributed by atoms with Gasteiger partial charge in [-0.2, -0.15) is 0 Å². The Morgan fingerprint density at radius 3 is 2.54 bits per heavy atom. The molecular formula is C18H23N3O3. The SMILES string of the molecule is Cc1cccc(C)c1OCC(=O)Nc1ccc(NCC(C)O)nc1. The number of aryl methyl sites for hydroxylation is 2. The number of carbonyl (C=O) groups excluding carboxylic acids is 1. The van der Waals surface area contributed by atoms with E-state index < -0.39 is 6.10 Å². The quantitative estimate of drug-likeness (QED) is 0.727. The lowest BCUT2D eigenvalue weighted by Gasteiger charge is -2.12. The molecule has 1 atom stereocenters. The molecule has 1 aromatic carbocycles. The first-order valence-corrected chi connectivity index (χ1v) is 7.82. The summed E-state index contributed by atoms with van der Waals surface area (Å²) < 4.78 is 5.62. The first-order valence-electron chi connectivity index (χ1n) is 7.82. The molecule has 1 unspecified atom stereocenters. The smallest absolute Gasteiger partial charge is 0.262 e. The molecule has 2 rings (SSSR count). The average molecular weight is 329 g/mol. The monoisotopic (exact) mass is 329 g/mol. The van der Waals surface area contributed by atoms with Crippen LogP contribution in [0.25, 0.3) is 0 Å². The van der Waals surface area contributed by atoms with Gasteiger partial charge in [-0.25, -0.2) is 4.98 Å². The van der Waals surface area contributed by atoms with E-state index in [0.717, 1.165) is 16.9 Å². The Balaban J connectivity index is 1.86. The summed E-state index contributed by atoms with van der Waals surface area (Å²) in [6.45, 7) is 5.94. The Morgan fingerprint density at radius 1 is 1.25 bits per heavy atom. The largest absolute Gasteiger partial charge is 0.483 e. The van der Waals surface area contributed by atoms with Crippen molar-refractivity contribution in [1.82, 2.24) is 4.98 Å². The van der Waals surface area contributed by atoms with Crippen molar-refractivity contribution in [2.45, 2.75) is 26.9 Å². The number of rotatable bonds is 7. The zero-order chi connectivity index (χ0) is 17.5. The lowest BCUT2D eigenvalue weighted by molar-refractivity contribution is -0.118. The second-order valence-electron chi connectivity index (χ2n) is 5.72. The molecule has 0 bridgehead atoms. The molecule has 24 heavy (non-hydrogen) atoms. The molecule has 3 N–H and O–H groups in total. The molecule has 0 aliphatic carbocycles. The van der Waals surface area contributed by atoms with Gasteiger partial charge in [-0.15, -0.1) is 0 Å². The van der Waals surface area contributed by atoms with Crippen LogP contribution >= 0.6 is 0 Å². The summed E-state index contributed by atoms with van der Waals surface area (Å²) in [5, 5.41) is 14.9. The lowest BCUT2D eigenvalue weighted by Crippen LogP contribution is -2.21. The van der Waals surface area contributed by atoms with Crippen molar-refractivity contribution in [3.05, 3.63) is 47.7 Å². The Labute approximate surface area is 141 Å². The average Bonchev–Trinajstić information content (AvgIpc) is 2.53. The van der Waals surface area contributed by atoms with Gasteiger partial charge < -0.3 is 20.5 Å². The van der Waals surface area contributed by atoms with E-state index >= 15 is 0 Å². The Bertz CT molecular complexity index is 664. The summed E-state index contributed by atoms with van der Waals surface area (Å²) in [6.07, 6.45) is 1.11. The van der Waals surface area contributed by atoms with Gasteiger partial charge in [0.2, 0.25) is 0 Å². The van der Waals surface area contributed by atoms with Crippen LogP contribution in [0.1, 0.15) is 18.1 Å². The van der Waals surface area contributed by atoms with Crippen LogP contribution in [0.15, 0.2) is 36.5 Å². The number of aliphatic hydroxyl groups excluding tert-OH is 1. The molecule has 0 saturated heterocycles. The molecule has 0 aliphatic heterocycles. The van der Waals surface area contributed by atoms with E-state index in [4.69, 9.17) is 4.74 Å². The third-order valence-electron chi connectivity index (χ3n) is 3.38. The van der Waals surface area contributed by atoms with Crippen LogP contribution in [0.3, 0.4) is 0 Å². The summed E-state index contributed by atoms with van der Waals surface area (Å²) in [5.74, 6) is 1.13. The highest BCUT2D eigenvalue weighted by atomic mass is 16.5. The molecule has 1 amide bonds. The third-order valence-corrected chi connectivity index (χ3v) is 3.38. The third kappa shape index (κ3) is 5.24. The minimum Gasteiger partial charge on any atom is -0.483 e. The van der Waals surface area contributed by atoms with E-state index in [9.17, 15) is 9.90 Å². The van der Waals surface area contributed by atoms with Gasteiger partial charge in [0.25, 0.3) is 5.91 Å². The number of benzene rings is 1. The van der Waals surface area contributed by atoms with Gasteiger partial charge in [0, 0.05) is 6.54 Å². The highest BCUT2D eigenvalue weighted by molar-refractivity contribution is 5.91. The number of anilines is 2. The predicted molar refractivity (Wildman–Crippen MR) is 94.4 cm³/mol. The maximum absolute atomic E-state index is 12.0. The minimum absolute atomic E-state index is 0.0618. The fourth-order valence-electron chi connectivity index (χ4n) is 2.19. The summed E-state index contributed by atoms with van der Waals surface area (Å²) in [4.78, 5) is 16.2. The number of carbonyl (C=O) groups is 1. The topological polar surface area (TPSA) is 83.5 Å². The molecule has 0 fully saturated rings. The highest BCUT2D eigenvalue weighted by Gasteiger charge is 2.08. The van der Waals surface area contributed by atoms with Gasteiger partial charge >= 0.3 is 0 Å². The number of aromatic nitrogens is 1. The van der Waals surface area contributed by atoms with Gasteiger partial charge in [-0.05, 0) is 44.0 Å². The van der Waals surface area contributed by atoms with Crippen LogP contribution in [0.4, 0.5) is 11.5 Å². The van der Waals surface area contributed by atoms with E-state index in [1.165, 1.54) is 0 Å². The zero-order valence-corrected chi connectivity index (χ0v) is 14.2. The minimum atomic E-state index is -0.451. The number of hydrogen-bond donors (Lipinski definition) is 3. The first kappa shape index (κ1) is 17.7. The number of para-hydroxylation sites is 1. The highest BCUT2D eigenvalue weighted by Crippen LogP contribution is 2.22. The number of nitrogens with zero attached hydrogens (tertiary/aromatic N) is 1. The van der Waals surface area contributed by atoms with E-state index in [-0.39, 0.29) is 12.5 Å². The van der Waals surface area contributed by atoms with E-state index in [2.05, 4.69) is 15.6 Å². The fourth-order valence-corrected chi connectivity index (χ4v) is 2.19. The van der Waals surface area contributed by atoms with E-state index in [1.54, 1.807) is 25.3 Å². The van der Waals surface area contributed by atoms with Crippen LogP contribution in [0, 0.1) is 13.8 Å². The summed E-state index contributed by atoms with van der Waals surface area (Å²) >= 11 is 0. The molecule has 6 heteroatoms. The van der Waals surface area contributed by atoms with Crippen LogP contribution in [-0.2, 0) is 4.79 Å². The molecule has 0 aliphatic rings. The van der Waals surface area contributed by atoms with Gasteiger partial charge in [-0.3, -0.25) is 4.79 Å². The number of nitrogens with one attached hydrogen (secondary N) is 2. The molecule has 2 aromatic rings. The standard InChI is InChI=1S/C18H23N3O3/c1-12-5-4-6-13(2)18(12)24-11-17(23)21-15-7-8-16(20-10-15)19-9-14(3)22/h4-8,10,14,22H,9,11H2,1-3H3,(H,19,20)(H,21,23). The Hall–Kier alpha value is -2.60. The number of amides is 1. The van der Waals surface area contributed by atoms with Crippen molar-refractivity contribution in [2.24, 2.45) is 0 Å². The molecule has 0 saturated carbocycles. The molecule has 128 valence electrons. The van der Waals surface area contributed by atoms with Crippen molar-refractivity contribution in [2.75, 3.05) is 23.8 Å².